The van der Waals surface area contributed by atoms with Gasteiger partial charge in [0.2, 0.25) is 0 Å². The van der Waals surface area contributed by atoms with E-state index < -0.39 is 0 Å². The average Bonchev–Trinajstić information content (AvgIpc) is 2.79. The van der Waals surface area contributed by atoms with Crippen LogP contribution >= 0.6 is 11.6 Å². The molecule has 90 valence electrons. The number of nitriles is 1. The number of benzene rings is 1. The lowest BCUT2D eigenvalue weighted by molar-refractivity contribution is 0.415. The van der Waals surface area contributed by atoms with Crippen molar-refractivity contribution in [2.75, 3.05) is 12.4 Å². The SMILES string of the molecule is COc1ccc(Cl)c(NC2CCCC2C#N)c1. The predicted octanol–water partition coefficient (Wildman–Crippen LogP) is 3.45. The van der Waals surface area contributed by atoms with Crippen LogP contribution in [0, 0.1) is 17.2 Å². The Morgan fingerprint density at radius 2 is 2.29 bits per heavy atom. The highest BCUT2D eigenvalue weighted by atomic mass is 35.5. The quantitative estimate of drug-likeness (QED) is 0.894. The Hall–Kier alpha value is -1.40. The zero-order valence-corrected chi connectivity index (χ0v) is 10.5. The number of hydrogen-bond donors (Lipinski definition) is 1. The van der Waals surface area contributed by atoms with Crippen LogP contribution in [0.2, 0.25) is 5.02 Å². The molecular formula is C13H15ClN2O. The highest BCUT2D eigenvalue weighted by Gasteiger charge is 2.27. The molecule has 0 aromatic heterocycles. The van der Waals surface area contributed by atoms with E-state index >= 15 is 0 Å². The van der Waals surface area contributed by atoms with E-state index in [9.17, 15) is 0 Å². The molecule has 2 rings (SSSR count). The summed E-state index contributed by atoms with van der Waals surface area (Å²) in [5, 5.41) is 13.0. The Morgan fingerprint density at radius 3 is 3.00 bits per heavy atom. The van der Waals surface area contributed by atoms with E-state index in [1.54, 1.807) is 13.2 Å². The van der Waals surface area contributed by atoms with Gasteiger partial charge in [-0.05, 0) is 31.4 Å². The van der Waals surface area contributed by atoms with Gasteiger partial charge in [-0.3, -0.25) is 0 Å². The number of hydrogen-bond acceptors (Lipinski definition) is 3. The Bertz CT molecular complexity index is 442. The summed E-state index contributed by atoms with van der Waals surface area (Å²) < 4.78 is 5.16. The Kier molecular flexibility index (Phi) is 3.75. The van der Waals surface area contributed by atoms with Gasteiger partial charge in [-0.2, -0.15) is 5.26 Å². The second-order valence-corrected chi connectivity index (χ2v) is 4.67. The van der Waals surface area contributed by atoms with Crippen molar-refractivity contribution in [3.8, 4) is 11.8 Å². The lowest BCUT2D eigenvalue weighted by atomic mass is 10.1. The van der Waals surface area contributed by atoms with Gasteiger partial charge in [-0.15, -0.1) is 0 Å². The molecule has 1 N–H and O–H groups in total. The number of anilines is 1. The van der Waals surface area contributed by atoms with Gasteiger partial charge >= 0.3 is 0 Å². The first kappa shape index (κ1) is 12.1. The summed E-state index contributed by atoms with van der Waals surface area (Å²) in [5.41, 5.74) is 0.846. The Morgan fingerprint density at radius 1 is 1.47 bits per heavy atom. The van der Waals surface area contributed by atoms with Crippen LogP contribution < -0.4 is 10.1 Å². The zero-order valence-electron chi connectivity index (χ0n) is 9.74. The molecule has 0 bridgehead atoms. The van der Waals surface area contributed by atoms with Gasteiger partial charge in [0.15, 0.2) is 0 Å². The maximum atomic E-state index is 9.04. The summed E-state index contributed by atoms with van der Waals surface area (Å²) in [6.07, 6.45) is 3.08. The molecule has 17 heavy (non-hydrogen) atoms. The van der Waals surface area contributed by atoms with Crippen molar-refractivity contribution < 1.29 is 4.74 Å². The summed E-state index contributed by atoms with van der Waals surface area (Å²) in [5.74, 6) is 0.848. The first-order valence-electron chi connectivity index (χ1n) is 5.74. The fourth-order valence-electron chi connectivity index (χ4n) is 2.23. The van der Waals surface area contributed by atoms with Crippen molar-refractivity contribution in [2.24, 2.45) is 5.92 Å². The van der Waals surface area contributed by atoms with Crippen molar-refractivity contribution >= 4 is 17.3 Å². The van der Waals surface area contributed by atoms with E-state index in [0.29, 0.717) is 5.02 Å². The summed E-state index contributed by atoms with van der Waals surface area (Å²) in [6, 6.07) is 8.04. The van der Waals surface area contributed by atoms with Crippen LogP contribution in [0.3, 0.4) is 0 Å². The van der Waals surface area contributed by atoms with E-state index in [1.165, 1.54) is 0 Å². The molecule has 1 aliphatic rings. The van der Waals surface area contributed by atoms with Gasteiger partial charge in [-0.1, -0.05) is 11.6 Å². The van der Waals surface area contributed by atoms with Crippen LogP contribution in [0.1, 0.15) is 19.3 Å². The summed E-state index contributed by atoms with van der Waals surface area (Å²) in [4.78, 5) is 0. The maximum absolute atomic E-state index is 9.04. The number of nitrogens with one attached hydrogen (secondary N) is 1. The fourth-order valence-corrected chi connectivity index (χ4v) is 2.40. The minimum absolute atomic E-state index is 0.0808. The van der Waals surface area contributed by atoms with E-state index in [2.05, 4.69) is 11.4 Å². The first-order valence-corrected chi connectivity index (χ1v) is 6.12. The van der Waals surface area contributed by atoms with Crippen molar-refractivity contribution in [2.45, 2.75) is 25.3 Å². The van der Waals surface area contributed by atoms with Crippen molar-refractivity contribution in [3.05, 3.63) is 23.2 Å². The minimum Gasteiger partial charge on any atom is -0.497 e. The third-order valence-corrected chi connectivity index (χ3v) is 3.53. The molecule has 0 spiro atoms. The summed E-state index contributed by atoms with van der Waals surface area (Å²) >= 11 is 6.12. The Balaban J connectivity index is 2.15. The van der Waals surface area contributed by atoms with Gasteiger partial charge < -0.3 is 10.1 Å². The molecule has 4 heteroatoms. The number of ether oxygens (including phenoxy) is 1. The number of methoxy groups -OCH3 is 1. The maximum Gasteiger partial charge on any atom is 0.121 e. The molecule has 2 atom stereocenters. The lowest BCUT2D eigenvalue weighted by Gasteiger charge is -2.18. The molecule has 0 aliphatic heterocycles. The van der Waals surface area contributed by atoms with Crippen molar-refractivity contribution in [3.63, 3.8) is 0 Å². The van der Waals surface area contributed by atoms with Crippen LogP contribution in [-0.2, 0) is 0 Å². The Labute approximate surface area is 106 Å². The second-order valence-electron chi connectivity index (χ2n) is 4.26. The molecule has 2 unspecified atom stereocenters. The molecule has 0 saturated heterocycles. The molecule has 1 saturated carbocycles. The third-order valence-electron chi connectivity index (χ3n) is 3.20. The molecule has 0 heterocycles. The van der Waals surface area contributed by atoms with Crippen LogP contribution in [-0.4, -0.2) is 13.2 Å². The van der Waals surface area contributed by atoms with Gasteiger partial charge in [0, 0.05) is 12.1 Å². The van der Waals surface area contributed by atoms with E-state index in [1.807, 2.05) is 12.1 Å². The van der Waals surface area contributed by atoms with E-state index in [-0.39, 0.29) is 12.0 Å². The third kappa shape index (κ3) is 2.65. The molecule has 0 amide bonds. The van der Waals surface area contributed by atoms with Crippen LogP contribution in [0.15, 0.2) is 18.2 Å². The minimum atomic E-state index is 0.0808. The summed E-state index contributed by atoms with van der Waals surface area (Å²) in [6.45, 7) is 0. The monoisotopic (exact) mass is 250 g/mol. The average molecular weight is 251 g/mol. The standard InChI is InChI=1S/C13H15ClN2O/c1-17-10-5-6-11(14)13(7-10)16-12-4-2-3-9(12)8-15/h5-7,9,12,16H,2-4H2,1H3. The first-order chi connectivity index (χ1) is 8.24. The predicted molar refractivity (Wildman–Crippen MR) is 68.4 cm³/mol. The van der Waals surface area contributed by atoms with Gasteiger partial charge in [0.25, 0.3) is 0 Å². The van der Waals surface area contributed by atoms with Crippen LogP contribution in [0.4, 0.5) is 5.69 Å². The van der Waals surface area contributed by atoms with Gasteiger partial charge in [0.05, 0.1) is 29.8 Å². The molecular weight excluding hydrogens is 236 g/mol. The van der Waals surface area contributed by atoms with Crippen LogP contribution in [0.25, 0.3) is 0 Å². The molecule has 1 fully saturated rings. The fraction of sp³-hybridized carbons (Fsp3) is 0.462. The zero-order chi connectivity index (χ0) is 12.3. The highest BCUT2D eigenvalue weighted by Crippen LogP contribution is 2.32. The van der Waals surface area contributed by atoms with E-state index in [0.717, 1.165) is 30.7 Å². The van der Waals surface area contributed by atoms with Crippen LogP contribution in [0.5, 0.6) is 5.75 Å². The highest BCUT2D eigenvalue weighted by molar-refractivity contribution is 6.33. The normalized spacial score (nSPS) is 23.1. The van der Waals surface area contributed by atoms with Gasteiger partial charge in [0.1, 0.15) is 5.75 Å². The van der Waals surface area contributed by atoms with Crippen molar-refractivity contribution in [1.29, 1.82) is 5.26 Å². The molecule has 1 aliphatic carbocycles. The largest absolute Gasteiger partial charge is 0.497 e. The smallest absolute Gasteiger partial charge is 0.121 e. The number of nitrogens with zero attached hydrogens (tertiary/aromatic N) is 1. The number of halogens is 1. The van der Waals surface area contributed by atoms with Gasteiger partial charge in [-0.25, -0.2) is 0 Å². The van der Waals surface area contributed by atoms with Crippen molar-refractivity contribution in [1.82, 2.24) is 0 Å². The lowest BCUT2D eigenvalue weighted by Crippen LogP contribution is -2.22. The molecule has 0 radical (unpaired) electrons. The second kappa shape index (κ2) is 5.29. The van der Waals surface area contributed by atoms with E-state index in [4.69, 9.17) is 21.6 Å². The molecule has 1 aromatic carbocycles. The topological polar surface area (TPSA) is 45.0 Å². The number of rotatable bonds is 3. The summed E-state index contributed by atoms with van der Waals surface area (Å²) in [7, 11) is 1.63. The molecule has 1 aromatic rings. The molecule has 3 nitrogen and oxygen atoms in total.